The molecule has 0 saturated heterocycles. The lowest BCUT2D eigenvalue weighted by Crippen LogP contribution is -2.03. The lowest BCUT2D eigenvalue weighted by Gasteiger charge is -2.25. The largest absolute Gasteiger partial charge is 0.269 e. The zero-order valence-electron chi connectivity index (χ0n) is 32.5. The Labute approximate surface area is 316 Å². The molecule has 0 aromatic heterocycles. The summed E-state index contributed by atoms with van der Waals surface area (Å²) in [5, 5.41) is 23.2. The van der Waals surface area contributed by atoms with Crippen molar-refractivity contribution in [3.63, 3.8) is 0 Å². The molecule has 0 amide bonds. The van der Waals surface area contributed by atoms with Crippen LogP contribution in [-0.4, -0.2) is 9.85 Å². The molecule has 0 spiro atoms. The maximum absolute atomic E-state index is 11.4. The van der Waals surface area contributed by atoms with E-state index in [4.69, 9.17) is 0 Å². The van der Waals surface area contributed by atoms with Crippen LogP contribution in [0.2, 0.25) is 0 Å². The Morgan fingerprint density at radius 3 is 0.882 bits per heavy atom. The summed E-state index contributed by atoms with van der Waals surface area (Å²) in [4.78, 5) is 22.1. The number of nitrogens with zero attached hydrogens (tertiary/aromatic N) is 2. The molecular weight excluding hydrogens is 653 g/mol. The predicted molar refractivity (Wildman–Crippen MR) is 220 cm³/mol. The predicted octanol–water partition coefficient (Wildman–Crippen LogP) is 16.0. The number of non-ortho nitro benzene ring substituents is 2. The van der Waals surface area contributed by atoms with Gasteiger partial charge in [0.15, 0.2) is 0 Å². The van der Waals surface area contributed by atoms with E-state index in [1.165, 1.54) is 154 Å². The average molecular weight is 725 g/mol. The van der Waals surface area contributed by atoms with Crippen LogP contribution in [-0.2, 0) is 0 Å². The molecular formula is C44H72N2O4S. The summed E-state index contributed by atoms with van der Waals surface area (Å²) in [7, 11) is 0. The summed E-state index contributed by atoms with van der Waals surface area (Å²) in [6.45, 7) is 4.55. The highest BCUT2D eigenvalue weighted by Gasteiger charge is 2.22. The highest BCUT2D eigenvalue weighted by Crippen LogP contribution is 2.46. The van der Waals surface area contributed by atoms with Crippen molar-refractivity contribution in [3.8, 4) is 0 Å². The van der Waals surface area contributed by atoms with Gasteiger partial charge in [0.2, 0.25) is 0 Å². The molecule has 0 fully saturated rings. The molecule has 0 N–H and O–H groups in total. The van der Waals surface area contributed by atoms with Gasteiger partial charge in [0.25, 0.3) is 11.4 Å². The second-order valence-electron chi connectivity index (χ2n) is 14.9. The average Bonchev–Trinajstić information content (AvgIpc) is 3.14. The molecule has 0 aliphatic rings. The third-order valence-electron chi connectivity index (χ3n) is 10.4. The minimum absolute atomic E-state index is 0.127. The molecule has 288 valence electrons. The first-order valence-electron chi connectivity index (χ1n) is 21.1. The Hall–Kier alpha value is -2.41. The van der Waals surface area contributed by atoms with Gasteiger partial charge in [0, 0.05) is 34.8 Å². The summed E-state index contributed by atoms with van der Waals surface area (Å²) >= 11 is 1.95. The molecule has 2 aromatic carbocycles. The summed E-state index contributed by atoms with van der Waals surface area (Å²) in [6.07, 6.45) is 36.5. The van der Waals surface area contributed by atoms with Crippen LogP contribution in [0.25, 0.3) is 0 Å². The highest BCUT2D eigenvalue weighted by molar-refractivity contribution is 7.99. The van der Waals surface area contributed by atoms with Crippen LogP contribution in [0.3, 0.4) is 0 Å². The van der Waals surface area contributed by atoms with Crippen molar-refractivity contribution < 1.29 is 9.85 Å². The summed E-state index contributed by atoms with van der Waals surface area (Å²) in [5.74, 6) is 0. The first kappa shape index (κ1) is 44.7. The first-order valence-corrected chi connectivity index (χ1v) is 22.0. The highest BCUT2D eigenvalue weighted by atomic mass is 32.2. The van der Waals surface area contributed by atoms with Gasteiger partial charge < -0.3 is 0 Å². The van der Waals surface area contributed by atoms with E-state index in [0.717, 1.165) is 36.8 Å². The molecule has 0 heterocycles. The monoisotopic (exact) mass is 725 g/mol. The Balaban J connectivity index is 1.90. The maximum Gasteiger partial charge on any atom is 0.269 e. The van der Waals surface area contributed by atoms with Gasteiger partial charge >= 0.3 is 0 Å². The van der Waals surface area contributed by atoms with E-state index in [-0.39, 0.29) is 31.7 Å². The lowest BCUT2D eigenvalue weighted by atomic mass is 10.0. The van der Waals surface area contributed by atoms with Crippen molar-refractivity contribution in [2.75, 3.05) is 0 Å². The zero-order chi connectivity index (χ0) is 36.8. The number of thioether (sulfide) groups is 1. The third kappa shape index (κ3) is 21.7. The van der Waals surface area contributed by atoms with Gasteiger partial charge in [-0.2, -0.15) is 0 Å². The van der Waals surface area contributed by atoms with Crippen molar-refractivity contribution in [1.29, 1.82) is 0 Å². The molecule has 2 rings (SSSR count). The fourth-order valence-corrected chi connectivity index (χ4v) is 8.77. The van der Waals surface area contributed by atoms with Gasteiger partial charge in [-0.05, 0) is 24.0 Å². The Morgan fingerprint density at radius 1 is 0.412 bits per heavy atom. The van der Waals surface area contributed by atoms with Crippen LogP contribution in [0.4, 0.5) is 11.4 Å². The van der Waals surface area contributed by atoms with Crippen LogP contribution in [0, 0.1) is 20.2 Å². The maximum atomic E-state index is 11.4. The van der Waals surface area contributed by atoms with E-state index >= 15 is 0 Å². The van der Waals surface area contributed by atoms with Crippen molar-refractivity contribution in [3.05, 3.63) is 79.9 Å². The molecule has 0 aliphatic heterocycles. The normalized spacial score (nSPS) is 12.6. The number of hydrogen-bond donors (Lipinski definition) is 0. The van der Waals surface area contributed by atoms with Gasteiger partial charge in [0.1, 0.15) is 0 Å². The van der Waals surface area contributed by atoms with Crippen LogP contribution >= 0.6 is 11.8 Å². The number of nitro benzene ring substituents is 2. The second kappa shape index (κ2) is 30.1. The quantitative estimate of drug-likeness (QED) is 0.0407. The molecule has 2 aromatic rings. The zero-order valence-corrected chi connectivity index (χ0v) is 33.3. The van der Waals surface area contributed by atoms with E-state index in [1.54, 1.807) is 24.3 Å². The summed E-state index contributed by atoms with van der Waals surface area (Å²) in [6, 6.07) is 14.3. The minimum Gasteiger partial charge on any atom is -0.258 e. The SMILES string of the molecule is CCCCCCCCCCCCCCCC(SC(CCCCCCCCCCCCCCC)c1ccc([N+](=O)[O-])cc1)c1ccc([N+](=O)[O-])cc1. The number of rotatable bonds is 34. The van der Waals surface area contributed by atoms with Crippen molar-refractivity contribution in [2.45, 2.75) is 204 Å². The van der Waals surface area contributed by atoms with Crippen LogP contribution in [0.1, 0.15) is 215 Å². The van der Waals surface area contributed by atoms with Gasteiger partial charge in [-0.1, -0.05) is 205 Å². The van der Waals surface area contributed by atoms with E-state index in [0.29, 0.717) is 0 Å². The van der Waals surface area contributed by atoms with Crippen LogP contribution < -0.4 is 0 Å². The minimum atomic E-state index is -0.327. The number of hydrogen-bond acceptors (Lipinski definition) is 5. The lowest BCUT2D eigenvalue weighted by molar-refractivity contribution is -0.385. The molecule has 0 aliphatic carbocycles. The molecule has 0 saturated carbocycles. The van der Waals surface area contributed by atoms with E-state index in [1.807, 2.05) is 36.0 Å². The molecule has 51 heavy (non-hydrogen) atoms. The van der Waals surface area contributed by atoms with Gasteiger partial charge in [-0.15, -0.1) is 11.8 Å². The van der Waals surface area contributed by atoms with Crippen molar-refractivity contribution >= 4 is 23.1 Å². The van der Waals surface area contributed by atoms with E-state index < -0.39 is 0 Å². The molecule has 0 bridgehead atoms. The first-order chi connectivity index (χ1) is 25.0. The topological polar surface area (TPSA) is 86.3 Å². The third-order valence-corrected chi connectivity index (χ3v) is 12.1. The van der Waals surface area contributed by atoms with E-state index in [2.05, 4.69) is 13.8 Å². The fourth-order valence-electron chi connectivity index (χ4n) is 7.14. The second-order valence-corrected chi connectivity index (χ2v) is 16.3. The number of benzene rings is 2. The Kier molecular flexibility index (Phi) is 26.4. The standard InChI is InChI=1S/C44H72N2O4S/c1-3-5-7-9-11-13-15-17-19-21-23-25-27-29-43(39-31-35-41(36-32-39)45(47)48)51-44(40-33-37-42(38-34-40)46(49)50)30-28-26-24-22-20-18-16-14-12-10-8-6-4-2/h31-38,43-44H,3-30H2,1-2H3. The summed E-state index contributed by atoms with van der Waals surface area (Å²) < 4.78 is 0. The fraction of sp³-hybridized carbons (Fsp3) is 0.727. The van der Waals surface area contributed by atoms with Gasteiger partial charge in [0.05, 0.1) is 9.85 Å². The molecule has 7 heteroatoms. The van der Waals surface area contributed by atoms with Crippen LogP contribution in [0.5, 0.6) is 0 Å². The molecule has 6 nitrogen and oxygen atoms in total. The Bertz CT molecular complexity index is 1050. The van der Waals surface area contributed by atoms with Crippen LogP contribution in [0.15, 0.2) is 48.5 Å². The Morgan fingerprint density at radius 2 is 0.647 bits per heavy atom. The van der Waals surface area contributed by atoms with E-state index in [9.17, 15) is 20.2 Å². The van der Waals surface area contributed by atoms with Gasteiger partial charge in [-0.3, -0.25) is 20.2 Å². The molecule has 2 unspecified atom stereocenters. The van der Waals surface area contributed by atoms with Crippen molar-refractivity contribution in [2.24, 2.45) is 0 Å². The van der Waals surface area contributed by atoms with Crippen molar-refractivity contribution in [1.82, 2.24) is 0 Å². The smallest absolute Gasteiger partial charge is 0.258 e. The number of unbranched alkanes of at least 4 members (excludes halogenated alkanes) is 24. The van der Waals surface area contributed by atoms with Gasteiger partial charge in [-0.25, -0.2) is 0 Å². The number of nitro groups is 2. The molecule has 0 radical (unpaired) electrons. The molecule has 2 atom stereocenters. The summed E-state index contributed by atoms with van der Waals surface area (Å²) in [5.41, 5.74) is 2.54.